The van der Waals surface area contributed by atoms with Gasteiger partial charge in [-0.1, -0.05) is 0 Å². The summed E-state index contributed by atoms with van der Waals surface area (Å²) in [4.78, 5) is 11.6. The van der Waals surface area contributed by atoms with Crippen molar-refractivity contribution in [2.75, 3.05) is 6.54 Å². The molecule has 2 aliphatic rings. The van der Waals surface area contributed by atoms with E-state index in [1.807, 2.05) is 25.6 Å². The Balaban J connectivity index is 2.28. The lowest BCUT2D eigenvalue weighted by molar-refractivity contribution is 0.470. The predicted molar refractivity (Wildman–Crippen MR) is 68.0 cm³/mol. The number of aryl methyl sites for hydroxylation is 2. The van der Waals surface area contributed by atoms with E-state index in [9.17, 15) is 0 Å². The van der Waals surface area contributed by atoms with Crippen molar-refractivity contribution >= 4 is 17.4 Å². The van der Waals surface area contributed by atoms with Gasteiger partial charge in [0.2, 0.25) is 0 Å². The summed E-state index contributed by atoms with van der Waals surface area (Å²) in [6.07, 6.45) is 0. The maximum absolute atomic E-state index is 4.81. The smallest absolute Gasteiger partial charge is 0.157 e. The van der Waals surface area contributed by atoms with Gasteiger partial charge in [-0.25, -0.2) is 4.99 Å². The van der Waals surface area contributed by atoms with Crippen molar-refractivity contribution in [2.45, 2.75) is 33.2 Å². The summed E-state index contributed by atoms with van der Waals surface area (Å²) in [5.41, 5.74) is 2.93. The van der Waals surface area contributed by atoms with Crippen molar-refractivity contribution in [3.05, 3.63) is 11.4 Å². The van der Waals surface area contributed by atoms with E-state index in [4.69, 9.17) is 4.99 Å². The van der Waals surface area contributed by atoms with Gasteiger partial charge >= 0.3 is 0 Å². The Bertz CT molecular complexity index is 562. The highest BCUT2D eigenvalue weighted by molar-refractivity contribution is 6.15. The van der Waals surface area contributed by atoms with Crippen molar-refractivity contribution in [3.63, 3.8) is 0 Å². The Morgan fingerprint density at radius 2 is 1.94 bits per heavy atom. The molecule has 5 heteroatoms. The van der Waals surface area contributed by atoms with Gasteiger partial charge in [0, 0.05) is 7.05 Å². The average molecular weight is 231 g/mol. The Hall–Kier alpha value is -1.65. The summed E-state index contributed by atoms with van der Waals surface area (Å²) in [6, 6.07) is 0. The molecule has 17 heavy (non-hydrogen) atoms. The summed E-state index contributed by atoms with van der Waals surface area (Å²) in [5.74, 6) is 2.03. The van der Waals surface area contributed by atoms with Crippen molar-refractivity contribution < 1.29 is 0 Å². The molecular weight excluding hydrogens is 214 g/mol. The fourth-order valence-corrected chi connectivity index (χ4v) is 2.55. The standard InChI is InChI=1S/C12H17N5/c1-7-9-10(16(5)15-7)11-14-12(3,4)6-17(11)8(2)13-9/h6H2,1-5H3. The van der Waals surface area contributed by atoms with Crippen LogP contribution in [0, 0.1) is 6.92 Å². The molecule has 0 radical (unpaired) electrons. The quantitative estimate of drug-likeness (QED) is 0.681. The minimum absolute atomic E-state index is 0.0497. The third kappa shape index (κ3) is 1.34. The number of fused-ring (bicyclic) bond motifs is 3. The fraction of sp³-hybridized carbons (Fsp3) is 0.583. The van der Waals surface area contributed by atoms with Gasteiger partial charge in [0.25, 0.3) is 0 Å². The zero-order chi connectivity index (χ0) is 12.4. The third-order valence-electron chi connectivity index (χ3n) is 3.28. The minimum Gasteiger partial charge on any atom is -0.311 e. The lowest BCUT2D eigenvalue weighted by Gasteiger charge is -2.25. The SMILES string of the molecule is CC1=Nc2c(C)nn(C)c2C2=NC(C)(C)CN12. The second-order valence-electron chi connectivity index (χ2n) is 5.40. The van der Waals surface area contributed by atoms with Gasteiger partial charge in [-0.05, 0) is 27.7 Å². The van der Waals surface area contributed by atoms with Crippen LogP contribution in [-0.2, 0) is 7.05 Å². The Kier molecular flexibility index (Phi) is 1.83. The molecule has 0 amide bonds. The zero-order valence-corrected chi connectivity index (χ0v) is 10.9. The van der Waals surface area contributed by atoms with Crippen molar-refractivity contribution in [3.8, 4) is 0 Å². The minimum atomic E-state index is -0.0497. The molecule has 2 aliphatic heterocycles. The number of hydrogen-bond donors (Lipinski definition) is 0. The molecule has 5 nitrogen and oxygen atoms in total. The molecule has 0 saturated heterocycles. The molecule has 1 aromatic heterocycles. The van der Waals surface area contributed by atoms with Gasteiger partial charge in [0.05, 0.1) is 17.8 Å². The van der Waals surface area contributed by atoms with Crippen LogP contribution < -0.4 is 0 Å². The number of nitrogens with zero attached hydrogens (tertiary/aromatic N) is 5. The van der Waals surface area contributed by atoms with E-state index in [0.29, 0.717) is 0 Å². The first-order valence-corrected chi connectivity index (χ1v) is 5.86. The van der Waals surface area contributed by atoms with Crippen LogP contribution in [-0.4, -0.2) is 38.4 Å². The first kappa shape index (κ1) is 10.5. The number of rotatable bonds is 0. The van der Waals surface area contributed by atoms with Gasteiger partial charge in [-0.3, -0.25) is 9.67 Å². The lowest BCUT2D eigenvalue weighted by Crippen LogP contribution is -2.38. The average Bonchev–Trinajstić information content (AvgIpc) is 2.65. The maximum atomic E-state index is 4.81. The first-order chi connectivity index (χ1) is 7.89. The topological polar surface area (TPSA) is 45.8 Å². The van der Waals surface area contributed by atoms with Gasteiger partial charge < -0.3 is 4.90 Å². The molecule has 0 saturated carbocycles. The van der Waals surface area contributed by atoms with Crippen LogP contribution in [0.1, 0.15) is 32.2 Å². The molecule has 90 valence electrons. The molecule has 0 aromatic carbocycles. The van der Waals surface area contributed by atoms with Crippen LogP contribution in [0.5, 0.6) is 0 Å². The summed E-state index contributed by atoms with van der Waals surface area (Å²) in [6.45, 7) is 9.21. The fourth-order valence-electron chi connectivity index (χ4n) is 2.55. The summed E-state index contributed by atoms with van der Waals surface area (Å²) in [5, 5.41) is 4.44. The van der Waals surface area contributed by atoms with E-state index in [1.54, 1.807) is 0 Å². The van der Waals surface area contributed by atoms with Crippen LogP contribution in [0.25, 0.3) is 0 Å². The third-order valence-corrected chi connectivity index (χ3v) is 3.28. The lowest BCUT2D eigenvalue weighted by atomic mass is 10.1. The van der Waals surface area contributed by atoms with E-state index in [-0.39, 0.29) is 5.54 Å². The molecule has 0 aliphatic carbocycles. The Labute approximate surface area is 101 Å². The Morgan fingerprint density at radius 3 is 2.65 bits per heavy atom. The highest BCUT2D eigenvalue weighted by Gasteiger charge is 2.38. The predicted octanol–water partition coefficient (Wildman–Crippen LogP) is 1.63. The van der Waals surface area contributed by atoms with Crippen molar-refractivity contribution in [1.82, 2.24) is 14.7 Å². The number of hydrogen-bond acceptors (Lipinski definition) is 4. The second-order valence-corrected chi connectivity index (χ2v) is 5.40. The molecule has 0 N–H and O–H groups in total. The molecule has 0 spiro atoms. The molecule has 0 fully saturated rings. The van der Waals surface area contributed by atoms with Crippen LogP contribution in [0.15, 0.2) is 9.98 Å². The van der Waals surface area contributed by atoms with Crippen LogP contribution >= 0.6 is 0 Å². The molecule has 0 unspecified atom stereocenters. The summed E-state index contributed by atoms with van der Waals surface area (Å²) >= 11 is 0. The van der Waals surface area contributed by atoms with Crippen LogP contribution in [0.3, 0.4) is 0 Å². The van der Waals surface area contributed by atoms with E-state index in [2.05, 4.69) is 28.8 Å². The van der Waals surface area contributed by atoms with E-state index in [1.165, 1.54) is 0 Å². The monoisotopic (exact) mass is 231 g/mol. The Morgan fingerprint density at radius 1 is 1.24 bits per heavy atom. The molecule has 0 atom stereocenters. The van der Waals surface area contributed by atoms with Gasteiger partial charge in [-0.15, -0.1) is 0 Å². The molecule has 0 bridgehead atoms. The zero-order valence-electron chi connectivity index (χ0n) is 10.9. The van der Waals surface area contributed by atoms with Crippen LogP contribution in [0.4, 0.5) is 5.69 Å². The summed E-state index contributed by atoms with van der Waals surface area (Å²) < 4.78 is 1.88. The van der Waals surface area contributed by atoms with Gasteiger partial charge in [-0.2, -0.15) is 5.10 Å². The van der Waals surface area contributed by atoms with Crippen molar-refractivity contribution in [1.29, 1.82) is 0 Å². The normalized spacial score (nSPS) is 20.9. The first-order valence-electron chi connectivity index (χ1n) is 5.86. The number of aromatic nitrogens is 2. The second kappa shape index (κ2) is 2.97. The molecule has 3 heterocycles. The summed E-state index contributed by atoms with van der Waals surface area (Å²) in [7, 11) is 1.95. The highest BCUT2D eigenvalue weighted by Crippen LogP contribution is 2.34. The maximum Gasteiger partial charge on any atom is 0.157 e. The van der Waals surface area contributed by atoms with Gasteiger partial charge in [0.15, 0.2) is 5.84 Å². The largest absolute Gasteiger partial charge is 0.311 e. The van der Waals surface area contributed by atoms with Gasteiger partial charge in [0.1, 0.15) is 17.2 Å². The molecule has 3 rings (SSSR count). The molecular formula is C12H17N5. The molecule has 1 aromatic rings. The van der Waals surface area contributed by atoms with E-state index < -0.39 is 0 Å². The van der Waals surface area contributed by atoms with Crippen LogP contribution in [0.2, 0.25) is 0 Å². The number of aliphatic imine (C=N–C) groups is 2. The van der Waals surface area contributed by atoms with E-state index >= 15 is 0 Å². The number of amidine groups is 2. The van der Waals surface area contributed by atoms with E-state index in [0.717, 1.165) is 35.3 Å². The highest BCUT2D eigenvalue weighted by atomic mass is 15.4. The van der Waals surface area contributed by atoms with Crippen molar-refractivity contribution in [2.24, 2.45) is 17.0 Å².